The number of nitrogens with zero attached hydrogens (tertiary/aromatic N) is 4. The Morgan fingerprint density at radius 3 is 2.92 bits per heavy atom. The van der Waals surface area contributed by atoms with Crippen molar-refractivity contribution in [3.05, 3.63) is 70.4 Å². The summed E-state index contributed by atoms with van der Waals surface area (Å²) in [6.07, 6.45) is 5.99. The molecular weight excluding hydrogens is 346 g/mol. The maximum Gasteiger partial charge on any atom is 0.251 e. The molecule has 0 unspecified atom stereocenters. The Balaban J connectivity index is 1.37. The summed E-state index contributed by atoms with van der Waals surface area (Å²) < 4.78 is 2.11. The molecule has 3 aromatic heterocycles. The third-order valence-corrected chi connectivity index (χ3v) is 5.48. The van der Waals surface area contributed by atoms with E-state index in [-0.39, 0.29) is 11.9 Å². The number of hydrogen-bond acceptors (Lipinski definition) is 5. The van der Waals surface area contributed by atoms with Gasteiger partial charge in [0.25, 0.3) is 5.91 Å². The van der Waals surface area contributed by atoms with E-state index in [4.69, 9.17) is 0 Å². The fraction of sp³-hybridized carbons (Fsp3) is 0.316. The highest BCUT2D eigenvalue weighted by Crippen LogP contribution is 2.25. The van der Waals surface area contributed by atoms with Crippen molar-refractivity contribution in [1.82, 2.24) is 25.0 Å². The molecule has 0 aromatic carbocycles. The second-order valence-corrected chi connectivity index (χ2v) is 7.48. The van der Waals surface area contributed by atoms with Crippen LogP contribution in [0, 0.1) is 0 Å². The molecule has 0 saturated carbocycles. The summed E-state index contributed by atoms with van der Waals surface area (Å²) in [4.78, 5) is 20.0. The predicted molar refractivity (Wildman–Crippen MR) is 101 cm³/mol. The third kappa shape index (κ3) is 3.84. The highest BCUT2D eigenvalue weighted by molar-refractivity contribution is 7.09. The Labute approximate surface area is 156 Å². The Morgan fingerprint density at radius 1 is 1.23 bits per heavy atom. The van der Waals surface area contributed by atoms with Gasteiger partial charge in [-0.05, 0) is 36.1 Å². The van der Waals surface area contributed by atoms with Crippen LogP contribution in [0.15, 0.2) is 54.3 Å². The zero-order valence-electron chi connectivity index (χ0n) is 14.4. The second kappa shape index (κ2) is 7.80. The van der Waals surface area contributed by atoms with Crippen LogP contribution in [-0.2, 0) is 13.1 Å². The number of pyridine rings is 1. The smallest absolute Gasteiger partial charge is 0.251 e. The van der Waals surface area contributed by atoms with E-state index in [0.717, 1.165) is 26.1 Å². The summed E-state index contributed by atoms with van der Waals surface area (Å²) in [5.74, 6) is -0.0562. The third-order valence-electron chi connectivity index (χ3n) is 4.62. The van der Waals surface area contributed by atoms with Crippen molar-refractivity contribution in [1.29, 1.82) is 0 Å². The standard InChI is InChI=1S/C19H21N5OS/c25-19(15-3-7-20-8-4-15)21-9-5-16-12-23(14-18-2-1-11-26-18)13-17-6-10-22-24(16)17/h1-4,6-8,10-11,16H,5,9,12-14H2,(H,21,25)/t16-/m0/s1. The van der Waals surface area contributed by atoms with E-state index < -0.39 is 0 Å². The Kier molecular flexibility index (Phi) is 5.08. The van der Waals surface area contributed by atoms with Crippen LogP contribution < -0.4 is 5.32 Å². The van der Waals surface area contributed by atoms with Crippen LogP contribution in [-0.4, -0.2) is 38.7 Å². The molecule has 1 atom stereocenters. The topological polar surface area (TPSA) is 63.1 Å². The Bertz CT molecular complexity index is 846. The van der Waals surface area contributed by atoms with E-state index in [0.29, 0.717) is 12.1 Å². The lowest BCUT2D eigenvalue weighted by Crippen LogP contribution is -2.38. The van der Waals surface area contributed by atoms with Crippen molar-refractivity contribution < 1.29 is 4.79 Å². The van der Waals surface area contributed by atoms with Crippen molar-refractivity contribution in [3.8, 4) is 0 Å². The normalized spacial score (nSPS) is 17.0. The van der Waals surface area contributed by atoms with Gasteiger partial charge in [0.05, 0.1) is 11.7 Å². The zero-order chi connectivity index (χ0) is 17.8. The summed E-state index contributed by atoms with van der Waals surface area (Å²) in [5.41, 5.74) is 1.88. The molecule has 26 heavy (non-hydrogen) atoms. The molecule has 0 bridgehead atoms. The molecule has 134 valence electrons. The number of amides is 1. The first-order chi connectivity index (χ1) is 12.8. The molecule has 0 spiro atoms. The van der Waals surface area contributed by atoms with Crippen molar-refractivity contribution in [2.45, 2.75) is 25.6 Å². The number of hydrogen-bond donors (Lipinski definition) is 1. The monoisotopic (exact) mass is 367 g/mol. The van der Waals surface area contributed by atoms with E-state index in [1.165, 1.54) is 10.6 Å². The summed E-state index contributed by atoms with van der Waals surface area (Å²) in [6, 6.07) is 10.1. The lowest BCUT2D eigenvalue weighted by molar-refractivity contribution is 0.0947. The molecule has 0 saturated heterocycles. The first-order valence-corrected chi connectivity index (χ1v) is 9.63. The van der Waals surface area contributed by atoms with Crippen molar-refractivity contribution in [2.24, 2.45) is 0 Å². The van der Waals surface area contributed by atoms with Crippen molar-refractivity contribution in [3.63, 3.8) is 0 Å². The zero-order valence-corrected chi connectivity index (χ0v) is 15.2. The maximum absolute atomic E-state index is 12.2. The van der Waals surface area contributed by atoms with Crippen LogP contribution in [0.1, 0.15) is 33.4 Å². The lowest BCUT2D eigenvalue weighted by Gasteiger charge is -2.33. The summed E-state index contributed by atoms with van der Waals surface area (Å²) >= 11 is 1.79. The van der Waals surface area contributed by atoms with Gasteiger partial charge in [-0.25, -0.2) is 0 Å². The molecular formula is C19H21N5OS. The molecule has 1 aliphatic rings. The molecule has 4 rings (SSSR count). The second-order valence-electron chi connectivity index (χ2n) is 6.45. The van der Waals surface area contributed by atoms with Gasteiger partial charge in [-0.15, -0.1) is 11.3 Å². The van der Waals surface area contributed by atoms with Gasteiger partial charge in [-0.3, -0.25) is 19.4 Å². The quantitative estimate of drug-likeness (QED) is 0.728. The molecule has 1 amide bonds. The average Bonchev–Trinajstić information content (AvgIpc) is 3.34. The van der Waals surface area contributed by atoms with E-state index in [2.05, 4.69) is 48.6 Å². The summed E-state index contributed by atoms with van der Waals surface area (Å²) in [6.45, 7) is 3.44. The van der Waals surface area contributed by atoms with Crippen LogP contribution >= 0.6 is 11.3 Å². The van der Waals surface area contributed by atoms with Gasteiger partial charge in [0.1, 0.15) is 0 Å². The van der Waals surface area contributed by atoms with E-state index >= 15 is 0 Å². The van der Waals surface area contributed by atoms with Crippen LogP contribution in [0.2, 0.25) is 0 Å². The van der Waals surface area contributed by atoms with Crippen LogP contribution in [0.5, 0.6) is 0 Å². The first-order valence-electron chi connectivity index (χ1n) is 8.75. The summed E-state index contributed by atoms with van der Waals surface area (Å²) in [5, 5.41) is 9.62. The van der Waals surface area contributed by atoms with Crippen molar-refractivity contribution in [2.75, 3.05) is 13.1 Å². The molecule has 0 radical (unpaired) electrons. The van der Waals surface area contributed by atoms with Gasteiger partial charge in [0, 0.05) is 55.2 Å². The van der Waals surface area contributed by atoms with Crippen LogP contribution in [0.25, 0.3) is 0 Å². The van der Waals surface area contributed by atoms with Gasteiger partial charge in [-0.2, -0.15) is 5.10 Å². The molecule has 0 aliphatic carbocycles. The van der Waals surface area contributed by atoms with E-state index in [1.807, 2.05) is 6.20 Å². The average molecular weight is 367 g/mol. The van der Waals surface area contributed by atoms with E-state index in [9.17, 15) is 4.79 Å². The number of carbonyl (C=O) groups excluding carboxylic acids is 1. The highest BCUT2D eigenvalue weighted by atomic mass is 32.1. The van der Waals surface area contributed by atoms with Crippen molar-refractivity contribution >= 4 is 17.2 Å². The molecule has 4 heterocycles. The number of rotatable bonds is 6. The largest absolute Gasteiger partial charge is 0.352 e. The fourth-order valence-corrected chi connectivity index (χ4v) is 4.13. The minimum atomic E-state index is -0.0562. The van der Waals surface area contributed by atoms with Gasteiger partial charge in [-0.1, -0.05) is 6.07 Å². The Morgan fingerprint density at radius 2 is 2.12 bits per heavy atom. The molecule has 6 nitrogen and oxygen atoms in total. The number of aromatic nitrogens is 3. The number of fused-ring (bicyclic) bond motifs is 1. The van der Waals surface area contributed by atoms with Crippen LogP contribution in [0.4, 0.5) is 0 Å². The van der Waals surface area contributed by atoms with E-state index in [1.54, 1.807) is 35.9 Å². The molecule has 1 aliphatic heterocycles. The predicted octanol–water partition coefficient (Wildman–Crippen LogP) is 2.72. The van der Waals surface area contributed by atoms with Gasteiger partial charge in [0.15, 0.2) is 0 Å². The lowest BCUT2D eigenvalue weighted by atomic mass is 10.1. The molecule has 7 heteroatoms. The van der Waals surface area contributed by atoms with Gasteiger partial charge >= 0.3 is 0 Å². The van der Waals surface area contributed by atoms with Crippen LogP contribution in [0.3, 0.4) is 0 Å². The first kappa shape index (κ1) is 16.9. The SMILES string of the molecule is O=C(NCC[C@H]1CN(Cc2cccs2)Cc2ccnn21)c1ccncc1. The highest BCUT2D eigenvalue weighted by Gasteiger charge is 2.25. The maximum atomic E-state index is 12.2. The molecule has 0 fully saturated rings. The number of nitrogens with one attached hydrogen (secondary N) is 1. The number of thiophene rings is 1. The molecule has 1 N–H and O–H groups in total. The minimum Gasteiger partial charge on any atom is -0.352 e. The summed E-state index contributed by atoms with van der Waals surface area (Å²) in [7, 11) is 0. The fourth-order valence-electron chi connectivity index (χ4n) is 3.38. The van der Waals surface area contributed by atoms with Gasteiger partial charge in [0.2, 0.25) is 0 Å². The Hall–Kier alpha value is -2.51. The molecule has 3 aromatic rings. The minimum absolute atomic E-state index is 0.0562. The van der Waals surface area contributed by atoms with Gasteiger partial charge < -0.3 is 5.32 Å². The number of carbonyl (C=O) groups is 1.